The summed E-state index contributed by atoms with van der Waals surface area (Å²) in [6.45, 7) is 2.73. The first-order chi connectivity index (χ1) is 15.1. The summed E-state index contributed by atoms with van der Waals surface area (Å²) in [5, 5.41) is -1.27. The van der Waals surface area contributed by atoms with Gasteiger partial charge < -0.3 is 4.74 Å². The van der Waals surface area contributed by atoms with E-state index in [9.17, 15) is 21.2 Å². The number of benzene rings is 2. The van der Waals surface area contributed by atoms with Crippen LogP contribution >= 0.6 is 0 Å². The molecule has 0 unspecified atom stereocenters. The van der Waals surface area contributed by atoms with Crippen molar-refractivity contribution < 1.29 is 26.0 Å². The zero-order valence-corrected chi connectivity index (χ0v) is 19.4. The van der Waals surface area contributed by atoms with Crippen molar-refractivity contribution in [3.8, 4) is 5.75 Å². The van der Waals surface area contributed by atoms with E-state index in [2.05, 4.69) is 9.71 Å². The van der Waals surface area contributed by atoms with Gasteiger partial charge >= 0.3 is 0 Å². The quantitative estimate of drug-likeness (QED) is 0.498. The normalized spacial score (nSPS) is 13.0. The van der Waals surface area contributed by atoms with Crippen molar-refractivity contribution in [2.24, 2.45) is 0 Å². The largest absolute Gasteiger partial charge is 0.496 e. The molecule has 170 valence electrons. The van der Waals surface area contributed by atoms with Gasteiger partial charge in [-0.3, -0.25) is 4.98 Å². The molecule has 0 radical (unpaired) electrons. The Morgan fingerprint density at radius 2 is 1.69 bits per heavy atom. The SMILES string of the molecule is COc1ccc(S(=O)(=O)NC[C@H](c2cccnc2)S(=O)(=O)c2ccc(F)c(C)c2)cc1C. The number of ether oxygens (including phenoxy) is 1. The number of pyridine rings is 1. The minimum absolute atomic E-state index is 0.0178. The van der Waals surface area contributed by atoms with Crippen LogP contribution in [0.1, 0.15) is 21.9 Å². The van der Waals surface area contributed by atoms with Crippen LogP contribution in [0.2, 0.25) is 0 Å². The number of hydrogen-bond donors (Lipinski definition) is 1. The Bertz CT molecular complexity index is 1330. The van der Waals surface area contributed by atoms with Gasteiger partial charge in [0.1, 0.15) is 16.8 Å². The van der Waals surface area contributed by atoms with Crippen LogP contribution in [0.3, 0.4) is 0 Å². The molecule has 2 aromatic carbocycles. The average molecular weight is 479 g/mol. The molecule has 0 amide bonds. The predicted octanol–water partition coefficient (Wildman–Crippen LogP) is 3.34. The molecule has 1 heterocycles. The summed E-state index contributed by atoms with van der Waals surface area (Å²) in [4.78, 5) is 3.84. The summed E-state index contributed by atoms with van der Waals surface area (Å²) in [5.41, 5.74) is 1.10. The van der Waals surface area contributed by atoms with Gasteiger partial charge in [-0.1, -0.05) is 6.07 Å². The highest BCUT2D eigenvalue weighted by atomic mass is 32.2. The lowest BCUT2D eigenvalue weighted by Gasteiger charge is -2.19. The molecule has 0 saturated carbocycles. The van der Waals surface area contributed by atoms with Crippen LogP contribution < -0.4 is 9.46 Å². The monoisotopic (exact) mass is 478 g/mol. The zero-order chi connectivity index (χ0) is 23.5. The molecule has 0 spiro atoms. The van der Waals surface area contributed by atoms with Crippen LogP contribution in [-0.4, -0.2) is 35.5 Å². The number of aromatic nitrogens is 1. The fourth-order valence-corrected chi connectivity index (χ4v) is 6.18. The highest BCUT2D eigenvalue weighted by molar-refractivity contribution is 7.92. The van der Waals surface area contributed by atoms with E-state index < -0.39 is 37.5 Å². The van der Waals surface area contributed by atoms with Gasteiger partial charge in [0.05, 0.1) is 16.9 Å². The predicted molar refractivity (Wildman–Crippen MR) is 118 cm³/mol. The maximum Gasteiger partial charge on any atom is 0.240 e. The van der Waals surface area contributed by atoms with Gasteiger partial charge in [0.2, 0.25) is 10.0 Å². The van der Waals surface area contributed by atoms with Gasteiger partial charge in [-0.2, -0.15) is 0 Å². The fraction of sp³-hybridized carbons (Fsp3) is 0.227. The highest BCUT2D eigenvalue weighted by Crippen LogP contribution is 2.30. The number of nitrogens with one attached hydrogen (secondary N) is 1. The third-order valence-corrected chi connectivity index (χ3v) is 8.54. The van der Waals surface area contributed by atoms with Crippen LogP contribution in [0.25, 0.3) is 0 Å². The number of aryl methyl sites for hydroxylation is 2. The first-order valence-corrected chi connectivity index (χ1v) is 12.6. The molecule has 32 heavy (non-hydrogen) atoms. The number of nitrogens with zero attached hydrogens (tertiary/aromatic N) is 1. The lowest BCUT2D eigenvalue weighted by Crippen LogP contribution is -2.32. The number of halogens is 1. The number of sulfonamides is 1. The summed E-state index contributed by atoms with van der Waals surface area (Å²) in [6, 6.07) is 10.9. The second-order valence-corrected chi connectivity index (χ2v) is 11.1. The lowest BCUT2D eigenvalue weighted by molar-refractivity contribution is 0.411. The number of hydrogen-bond acceptors (Lipinski definition) is 6. The molecule has 0 aliphatic heterocycles. The van der Waals surface area contributed by atoms with Crippen molar-refractivity contribution in [2.75, 3.05) is 13.7 Å². The van der Waals surface area contributed by atoms with Crippen molar-refractivity contribution in [3.05, 3.63) is 83.4 Å². The third-order valence-electron chi connectivity index (χ3n) is 5.02. The van der Waals surface area contributed by atoms with Gasteiger partial charge in [-0.25, -0.2) is 25.9 Å². The number of methoxy groups -OCH3 is 1. The fourth-order valence-electron chi connectivity index (χ4n) is 3.22. The van der Waals surface area contributed by atoms with Crippen LogP contribution in [0.4, 0.5) is 4.39 Å². The van der Waals surface area contributed by atoms with Gasteiger partial charge in [0.25, 0.3) is 0 Å². The van der Waals surface area contributed by atoms with E-state index in [1.54, 1.807) is 19.1 Å². The van der Waals surface area contributed by atoms with E-state index >= 15 is 0 Å². The van der Waals surface area contributed by atoms with E-state index in [1.165, 1.54) is 56.8 Å². The van der Waals surface area contributed by atoms with Crippen LogP contribution in [0.5, 0.6) is 5.75 Å². The summed E-state index contributed by atoms with van der Waals surface area (Å²) < 4.78 is 73.7. The second-order valence-electron chi connectivity index (χ2n) is 7.21. The van der Waals surface area contributed by atoms with E-state index in [0.717, 1.165) is 6.07 Å². The molecule has 1 N–H and O–H groups in total. The van der Waals surface area contributed by atoms with E-state index in [0.29, 0.717) is 16.9 Å². The third kappa shape index (κ3) is 4.98. The number of sulfone groups is 1. The van der Waals surface area contributed by atoms with E-state index in [-0.39, 0.29) is 15.4 Å². The number of rotatable bonds is 8. The van der Waals surface area contributed by atoms with Crippen molar-refractivity contribution in [1.82, 2.24) is 9.71 Å². The Morgan fingerprint density at radius 3 is 2.28 bits per heavy atom. The molecule has 0 aliphatic carbocycles. The Hall–Kier alpha value is -2.82. The van der Waals surface area contributed by atoms with Crippen molar-refractivity contribution in [2.45, 2.75) is 28.9 Å². The molecule has 3 aromatic rings. The molecule has 7 nitrogen and oxygen atoms in total. The Morgan fingerprint density at radius 1 is 1.00 bits per heavy atom. The smallest absolute Gasteiger partial charge is 0.240 e. The molecule has 1 aromatic heterocycles. The molecule has 10 heteroatoms. The maximum absolute atomic E-state index is 13.7. The van der Waals surface area contributed by atoms with Crippen LogP contribution in [0, 0.1) is 19.7 Å². The van der Waals surface area contributed by atoms with Gasteiger partial charge in [-0.05, 0) is 73.0 Å². The Kier molecular flexibility index (Phi) is 6.97. The van der Waals surface area contributed by atoms with E-state index in [4.69, 9.17) is 4.74 Å². The van der Waals surface area contributed by atoms with E-state index in [1.807, 2.05) is 0 Å². The average Bonchev–Trinajstić information content (AvgIpc) is 2.76. The van der Waals surface area contributed by atoms with Crippen molar-refractivity contribution in [3.63, 3.8) is 0 Å². The summed E-state index contributed by atoms with van der Waals surface area (Å²) in [7, 11) is -6.61. The topological polar surface area (TPSA) is 102 Å². The second kappa shape index (κ2) is 9.35. The first kappa shape index (κ1) is 23.8. The molecule has 0 fully saturated rings. The highest BCUT2D eigenvalue weighted by Gasteiger charge is 2.31. The van der Waals surface area contributed by atoms with Crippen molar-refractivity contribution >= 4 is 19.9 Å². The van der Waals surface area contributed by atoms with Gasteiger partial charge in [0.15, 0.2) is 9.84 Å². The molecule has 0 bridgehead atoms. The Balaban J connectivity index is 1.97. The minimum Gasteiger partial charge on any atom is -0.496 e. The minimum atomic E-state index is -4.07. The van der Waals surface area contributed by atoms with Gasteiger partial charge in [0, 0.05) is 18.9 Å². The summed E-state index contributed by atoms with van der Waals surface area (Å²) >= 11 is 0. The molecule has 1 atom stereocenters. The standard InChI is InChI=1S/C22H23FN2O5S2/c1-15-11-18(6-8-20(15)23)31(26,27)22(17-5-4-10-24-13-17)14-25-32(28,29)19-7-9-21(30-3)16(2)12-19/h4-13,22,25H,14H2,1-3H3/t22-/m1/s1. The molecular formula is C22H23FN2O5S2. The molecular weight excluding hydrogens is 455 g/mol. The summed E-state index contributed by atoms with van der Waals surface area (Å²) in [5.74, 6) is 0.00361. The Labute approximate surface area is 187 Å². The molecule has 3 rings (SSSR count). The molecule has 0 aliphatic rings. The maximum atomic E-state index is 13.7. The summed E-state index contributed by atoms with van der Waals surface area (Å²) in [6.07, 6.45) is 2.85. The van der Waals surface area contributed by atoms with Crippen molar-refractivity contribution in [1.29, 1.82) is 0 Å². The van der Waals surface area contributed by atoms with Crippen LogP contribution in [-0.2, 0) is 19.9 Å². The van der Waals surface area contributed by atoms with Gasteiger partial charge in [-0.15, -0.1) is 0 Å². The molecule has 0 saturated heterocycles. The zero-order valence-electron chi connectivity index (χ0n) is 17.7. The van der Waals surface area contributed by atoms with Crippen LogP contribution in [0.15, 0.2) is 70.7 Å². The lowest BCUT2D eigenvalue weighted by atomic mass is 10.2. The first-order valence-electron chi connectivity index (χ1n) is 9.60.